The van der Waals surface area contributed by atoms with Crippen LogP contribution in [0.25, 0.3) is 0 Å². The van der Waals surface area contributed by atoms with Crippen molar-refractivity contribution in [3.8, 4) is 0 Å². The van der Waals surface area contributed by atoms with Gasteiger partial charge in [0.15, 0.2) is 0 Å². The Labute approximate surface area is 90.5 Å². The van der Waals surface area contributed by atoms with Crippen molar-refractivity contribution in [2.24, 2.45) is 0 Å². The molecule has 1 aliphatic rings. The molecule has 0 saturated carbocycles. The van der Waals surface area contributed by atoms with E-state index in [2.05, 4.69) is 28.7 Å². The zero-order chi connectivity index (χ0) is 10.8. The number of hydrogen-bond donors (Lipinski definition) is 1. The summed E-state index contributed by atoms with van der Waals surface area (Å²) < 4.78 is 0. The summed E-state index contributed by atoms with van der Waals surface area (Å²) in [4.78, 5) is 10.6. The first-order chi connectivity index (χ1) is 7.22. The minimum Gasteiger partial charge on any atom is -0.384 e. The number of aromatic nitrogens is 2. The second kappa shape index (κ2) is 4.04. The van der Waals surface area contributed by atoms with Crippen molar-refractivity contribution >= 4 is 11.6 Å². The maximum atomic E-state index is 5.68. The third kappa shape index (κ3) is 1.89. The minimum absolute atomic E-state index is 0.550. The quantitative estimate of drug-likeness (QED) is 0.802. The van der Waals surface area contributed by atoms with Crippen molar-refractivity contribution in [1.82, 2.24) is 9.97 Å². The van der Waals surface area contributed by atoms with Gasteiger partial charge in [0.25, 0.3) is 0 Å². The number of nitrogen functional groups attached to an aromatic ring is 1. The van der Waals surface area contributed by atoms with Crippen LogP contribution in [0, 0.1) is 0 Å². The summed E-state index contributed by atoms with van der Waals surface area (Å²) in [5.74, 6) is 1.52. The molecule has 2 unspecified atom stereocenters. The Bertz CT molecular complexity index is 339. The van der Waals surface area contributed by atoms with E-state index >= 15 is 0 Å². The van der Waals surface area contributed by atoms with Gasteiger partial charge in [0.2, 0.25) is 0 Å². The van der Waals surface area contributed by atoms with E-state index < -0.39 is 0 Å². The Balaban J connectivity index is 2.28. The first-order valence-corrected chi connectivity index (χ1v) is 5.58. The lowest BCUT2D eigenvalue weighted by Gasteiger charge is -2.28. The average molecular weight is 206 g/mol. The second-order valence-electron chi connectivity index (χ2n) is 4.20. The highest BCUT2D eigenvalue weighted by Gasteiger charge is 2.30. The fraction of sp³-hybridized carbons (Fsp3) is 0.636. The molecule has 2 atom stereocenters. The van der Waals surface area contributed by atoms with Crippen LogP contribution >= 0.6 is 0 Å². The second-order valence-corrected chi connectivity index (χ2v) is 4.20. The molecule has 2 N–H and O–H groups in total. The van der Waals surface area contributed by atoms with E-state index in [1.54, 1.807) is 6.33 Å². The summed E-state index contributed by atoms with van der Waals surface area (Å²) in [6, 6.07) is 3.03. The van der Waals surface area contributed by atoms with Crippen LogP contribution in [0.5, 0.6) is 0 Å². The van der Waals surface area contributed by atoms with Crippen LogP contribution in [0.3, 0.4) is 0 Å². The van der Waals surface area contributed by atoms with Gasteiger partial charge in [-0.2, -0.15) is 0 Å². The van der Waals surface area contributed by atoms with E-state index in [0.717, 1.165) is 12.2 Å². The molecule has 1 aromatic heterocycles. The number of hydrogen-bond acceptors (Lipinski definition) is 4. The third-order valence-electron chi connectivity index (χ3n) is 3.20. The van der Waals surface area contributed by atoms with Crippen LogP contribution in [0.2, 0.25) is 0 Å². The molecule has 0 aromatic carbocycles. The molecular formula is C11H18N4. The molecule has 1 aliphatic heterocycles. The van der Waals surface area contributed by atoms with Gasteiger partial charge in [0, 0.05) is 18.2 Å². The summed E-state index contributed by atoms with van der Waals surface area (Å²) in [5.41, 5.74) is 5.68. The van der Waals surface area contributed by atoms with Gasteiger partial charge in [0.1, 0.15) is 18.0 Å². The van der Waals surface area contributed by atoms with Crippen molar-refractivity contribution in [2.45, 2.75) is 45.2 Å². The summed E-state index contributed by atoms with van der Waals surface area (Å²) in [7, 11) is 0. The van der Waals surface area contributed by atoms with Crippen LogP contribution in [0.4, 0.5) is 11.6 Å². The Morgan fingerprint density at radius 1 is 1.47 bits per heavy atom. The van der Waals surface area contributed by atoms with E-state index in [9.17, 15) is 0 Å². The molecular weight excluding hydrogens is 188 g/mol. The van der Waals surface area contributed by atoms with Gasteiger partial charge in [-0.3, -0.25) is 0 Å². The maximum absolute atomic E-state index is 5.68. The molecule has 82 valence electrons. The topological polar surface area (TPSA) is 55.0 Å². The highest BCUT2D eigenvalue weighted by molar-refractivity contribution is 5.48. The van der Waals surface area contributed by atoms with Crippen molar-refractivity contribution in [3.05, 3.63) is 12.4 Å². The lowest BCUT2D eigenvalue weighted by Crippen LogP contribution is -2.34. The van der Waals surface area contributed by atoms with E-state index in [1.165, 1.54) is 12.8 Å². The van der Waals surface area contributed by atoms with Gasteiger partial charge in [0.05, 0.1) is 0 Å². The molecule has 1 aromatic rings. The van der Waals surface area contributed by atoms with Crippen molar-refractivity contribution in [2.75, 3.05) is 10.6 Å². The molecule has 0 amide bonds. The molecule has 2 rings (SSSR count). The maximum Gasteiger partial charge on any atom is 0.134 e. The van der Waals surface area contributed by atoms with Gasteiger partial charge in [-0.05, 0) is 26.2 Å². The normalized spacial score (nSPS) is 25.9. The van der Waals surface area contributed by atoms with Gasteiger partial charge >= 0.3 is 0 Å². The molecule has 1 saturated heterocycles. The number of nitrogens with zero attached hydrogens (tertiary/aromatic N) is 3. The SMILES string of the molecule is CCC1CCC(C)N1c1cc(N)ncn1. The molecule has 2 heterocycles. The fourth-order valence-corrected chi connectivity index (χ4v) is 2.39. The van der Waals surface area contributed by atoms with E-state index in [0.29, 0.717) is 17.9 Å². The van der Waals surface area contributed by atoms with Crippen LogP contribution in [-0.2, 0) is 0 Å². The molecule has 1 fully saturated rings. The smallest absolute Gasteiger partial charge is 0.134 e. The highest BCUT2D eigenvalue weighted by atomic mass is 15.3. The minimum atomic E-state index is 0.550. The lowest BCUT2D eigenvalue weighted by atomic mass is 10.1. The van der Waals surface area contributed by atoms with Crippen molar-refractivity contribution < 1.29 is 0 Å². The van der Waals surface area contributed by atoms with Crippen LogP contribution < -0.4 is 10.6 Å². The summed E-state index contributed by atoms with van der Waals surface area (Å²) in [5, 5.41) is 0. The van der Waals surface area contributed by atoms with Crippen LogP contribution in [0.1, 0.15) is 33.1 Å². The number of rotatable bonds is 2. The van der Waals surface area contributed by atoms with E-state index in [1.807, 2.05) is 6.07 Å². The van der Waals surface area contributed by atoms with Crippen molar-refractivity contribution in [1.29, 1.82) is 0 Å². The van der Waals surface area contributed by atoms with E-state index in [4.69, 9.17) is 5.73 Å². The Kier molecular flexibility index (Phi) is 2.75. The lowest BCUT2D eigenvalue weighted by molar-refractivity contribution is 0.620. The molecule has 0 spiro atoms. The first-order valence-electron chi connectivity index (χ1n) is 5.58. The molecule has 0 aliphatic carbocycles. The molecule has 0 bridgehead atoms. The largest absolute Gasteiger partial charge is 0.384 e. The molecule has 4 nitrogen and oxygen atoms in total. The van der Waals surface area contributed by atoms with Crippen LogP contribution in [0.15, 0.2) is 12.4 Å². The monoisotopic (exact) mass is 206 g/mol. The van der Waals surface area contributed by atoms with Gasteiger partial charge in [-0.25, -0.2) is 9.97 Å². The fourth-order valence-electron chi connectivity index (χ4n) is 2.39. The first kappa shape index (κ1) is 10.2. The van der Waals surface area contributed by atoms with Crippen LogP contribution in [-0.4, -0.2) is 22.1 Å². The molecule has 0 radical (unpaired) electrons. The predicted octanol–water partition coefficient (Wildman–Crippen LogP) is 1.83. The van der Waals surface area contributed by atoms with Crippen molar-refractivity contribution in [3.63, 3.8) is 0 Å². The van der Waals surface area contributed by atoms with Gasteiger partial charge in [-0.15, -0.1) is 0 Å². The Morgan fingerprint density at radius 3 is 2.93 bits per heavy atom. The van der Waals surface area contributed by atoms with E-state index in [-0.39, 0.29) is 0 Å². The molecule has 15 heavy (non-hydrogen) atoms. The third-order valence-corrected chi connectivity index (χ3v) is 3.20. The molecule has 4 heteroatoms. The number of nitrogens with two attached hydrogens (primary N) is 1. The summed E-state index contributed by atoms with van der Waals surface area (Å²) in [6.07, 6.45) is 5.20. The number of anilines is 2. The van der Waals surface area contributed by atoms with Gasteiger partial charge in [-0.1, -0.05) is 6.92 Å². The van der Waals surface area contributed by atoms with Gasteiger partial charge < -0.3 is 10.6 Å². The predicted molar refractivity (Wildman–Crippen MR) is 61.7 cm³/mol. The summed E-state index contributed by atoms with van der Waals surface area (Å²) in [6.45, 7) is 4.47. The zero-order valence-corrected chi connectivity index (χ0v) is 9.35. The average Bonchev–Trinajstić information content (AvgIpc) is 2.59. The Morgan fingerprint density at radius 2 is 2.27 bits per heavy atom. The highest BCUT2D eigenvalue weighted by Crippen LogP contribution is 2.30. The zero-order valence-electron chi connectivity index (χ0n) is 9.35. The summed E-state index contributed by atoms with van der Waals surface area (Å²) >= 11 is 0. The standard InChI is InChI=1S/C11H18N4/c1-3-9-5-4-8(2)15(9)11-6-10(12)13-7-14-11/h6-9H,3-5H2,1-2H3,(H2,12,13,14). The Hall–Kier alpha value is -1.32.